The van der Waals surface area contributed by atoms with E-state index >= 15 is 0 Å². The molecule has 2 aromatic heterocycles. The number of aromatic nitrogens is 1. The minimum absolute atomic E-state index is 0.231. The maximum absolute atomic E-state index is 12.4. The van der Waals surface area contributed by atoms with Crippen LogP contribution in [-0.4, -0.2) is 23.0 Å². The summed E-state index contributed by atoms with van der Waals surface area (Å²) in [5, 5.41) is 8.42. The average molecular weight is 388 g/mol. The normalized spacial score (nSPS) is 11.2. The molecule has 2 heterocycles. The van der Waals surface area contributed by atoms with E-state index in [4.69, 9.17) is 4.74 Å². The topological polar surface area (TPSA) is 54.5 Å². The van der Waals surface area contributed by atoms with Gasteiger partial charge in [0, 0.05) is 23.8 Å². The number of rotatable bonds is 7. The van der Waals surface area contributed by atoms with Crippen molar-refractivity contribution in [3.63, 3.8) is 0 Å². The van der Waals surface area contributed by atoms with Crippen LogP contribution in [-0.2, 0) is 4.79 Å². The lowest BCUT2D eigenvalue weighted by Crippen LogP contribution is -2.42. The molecule has 7 heteroatoms. The summed E-state index contributed by atoms with van der Waals surface area (Å²) in [6.07, 6.45) is 1.65. The van der Waals surface area contributed by atoms with Crippen LogP contribution >= 0.6 is 22.7 Å². The molecule has 0 spiro atoms. The summed E-state index contributed by atoms with van der Waals surface area (Å²) in [5.74, 6) is 0.417. The standard InChI is InChI=1S/C19H21N3O2S2/c1-4-22(16-6-5-12-25-16)14-7-9-15(10-8-14)24-19(2,3)17(23)21-18-20-11-13-26-18/h5-13H,4H2,1-3H3,(H,20,21,23). The number of ether oxygens (including phenoxy) is 1. The molecule has 0 unspecified atom stereocenters. The van der Waals surface area contributed by atoms with Crippen molar-refractivity contribution in [2.75, 3.05) is 16.8 Å². The van der Waals surface area contributed by atoms with E-state index in [1.807, 2.05) is 35.7 Å². The molecule has 0 aliphatic carbocycles. The van der Waals surface area contributed by atoms with Crippen molar-refractivity contribution in [2.45, 2.75) is 26.4 Å². The van der Waals surface area contributed by atoms with Gasteiger partial charge >= 0.3 is 0 Å². The first-order valence-electron chi connectivity index (χ1n) is 8.30. The third-order valence-electron chi connectivity index (χ3n) is 3.81. The number of amides is 1. The van der Waals surface area contributed by atoms with Crippen LogP contribution in [0.5, 0.6) is 5.75 Å². The number of carbonyl (C=O) groups is 1. The summed E-state index contributed by atoms with van der Waals surface area (Å²) in [4.78, 5) is 18.7. The molecule has 0 aliphatic rings. The van der Waals surface area contributed by atoms with Crippen molar-refractivity contribution >= 4 is 44.4 Å². The lowest BCUT2D eigenvalue weighted by molar-refractivity contribution is -0.128. The van der Waals surface area contributed by atoms with Crippen LogP contribution in [0.4, 0.5) is 15.8 Å². The summed E-state index contributed by atoms with van der Waals surface area (Å²) in [5.41, 5.74) is 0.0816. The Morgan fingerprint density at radius 1 is 1.19 bits per heavy atom. The summed E-state index contributed by atoms with van der Waals surface area (Å²) < 4.78 is 5.92. The quantitative estimate of drug-likeness (QED) is 0.608. The molecule has 0 aliphatic heterocycles. The Morgan fingerprint density at radius 2 is 1.96 bits per heavy atom. The lowest BCUT2D eigenvalue weighted by Gasteiger charge is -2.26. The van der Waals surface area contributed by atoms with Crippen LogP contribution in [0.25, 0.3) is 0 Å². The van der Waals surface area contributed by atoms with Gasteiger partial charge in [-0.15, -0.1) is 22.7 Å². The Balaban J connectivity index is 1.69. The Bertz CT molecular complexity index is 828. The van der Waals surface area contributed by atoms with E-state index in [-0.39, 0.29) is 5.91 Å². The van der Waals surface area contributed by atoms with Crippen molar-refractivity contribution in [3.8, 4) is 5.75 Å². The van der Waals surface area contributed by atoms with Crippen molar-refractivity contribution in [3.05, 3.63) is 53.4 Å². The molecule has 1 amide bonds. The van der Waals surface area contributed by atoms with E-state index in [1.165, 1.54) is 16.3 Å². The highest BCUT2D eigenvalue weighted by atomic mass is 32.1. The second-order valence-corrected chi connectivity index (χ2v) is 7.91. The number of nitrogens with one attached hydrogen (secondary N) is 1. The van der Waals surface area contributed by atoms with Crippen LogP contribution in [0.15, 0.2) is 53.4 Å². The zero-order valence-electron chi connectivity index (χ0n) is 14.9. The smallest absolute Gasteiger partial charge is 0.269 e. The van der Waals surface area contributed by atoms with Gasteiger partial charge in [-0.05, 0) is 62.5 Å². The molecule has 5 nitrogen and oxygen atoms in total. The molecule has 0 atom stereocenters. The number of benzene rings is 1. The first kappa shape index (κ1) is 18.4. The molecular formula is C19H21N3O2S2. The highest BCUT2D eigenvalue weighted by molar-refractivity contribution is 7.14. The van der Waals surface area contributed by atoms with Crippen molar-refractivity contribution in [1.82, 2.24) is 4.98 Å². The monoisotopic (exact) mass is 387 g/mol. The number of nitrogens with zero attached hydrogens (tertiary/aromatic N) is 2. The van der Waals surface area contributed by atoms with Gasteiger partial charge in [0.05, 0.1) is 5.00 Å². The maximum Gasteiger partial charge on any atom is 0.269 e. The van der Waals surface area contributed by atoms with E-state index in [1.54, 1.807) is 31.4 Å². The number of hydrogen-bond donors (Lipinski definition) is 1. The second kappa shape index (κ2) is 7.88. The van der Waals surface area contributed by atoms with Gasteiger partial charge in [-0.3, -0.25) is 10.1 Å². The fourth-order valence-corrected chi connectivity index (χ4v) is 3.80. The zero-order chi connectivity index (χ0) is 18.6. The minimum Gasteiger partial charge on any atom is -0.478 e. The van der Waals surface area contributed by atoms with Gasteiger partial charge in [0.2, 0.25) is 0 Å². The largest absolute Gasteiger partial charge is 0.478 e. The molecule has 0 radical (unpaired) electrons. The molecular weight excluding hydrogens is 366 g/mol. The average Bonchev–Trinajstić information content (AvgIpc) is 3.31. The van der Waals surface area contributed by atoms with Gasteiger partial charge in [0.15, 0.2) is 10.7 Å². The van der Waals surface area contributed by atoms with Crippen LogP contribution in [0.2, 0.25) is 0 Å². The van der Waals surface area contributed by atoms with Gasteiger partial charge < -0.3 is 9.64 Å². The number of thiophene rings is 1. The Morgan fingerprint density at radius 3 is 2.54 bits per heavy atom. The molecule has 1 aromatic carbocycles. The predicted molar refractivity (Wildman–Crippen MR) is 109 cm³/mol. The van der Waals surface area contributed by atoms with Gasteiger partial charge in [0.25, 0.3) is 5.91 Å². The highest BCUT2D eigenvalue weighted by Gasteiger charge is 2.30. The predicted octanol–water partition coefficient (Wildman–Crippen LogP) is 5.16. The molecule has 136 valence electrons. The van der Waals surface area contributed by atoms with Crippen LogP contribution in [0.1, 0.15) is 20.8 Å². The van der Waals surface area contributed by atoms with Crippen molar-refractivity contribution < 1.29 is 9.53 Å². The fourth-order valence-electron chi connectivity index (χ4n) is 2.46. The SMILES string of the molecule is CCN(c1ccc(OC(C)(C)C(=O)Nc2nccs2)cc1)c1cccs1. The summed E-state index contributed by atoms with van der Waals surface area (Å²) in [6, 6.07) is 11.9. The Labute approximate surface area is 161 Å². The van der Waals surface area contributed by atoms with E-state index in [0.29, 0.717) is 10.9 Å². The first-order valence-corrected chi connectivity index (χ1v) is 10.1. The second-order valence-electron chi connectivity index (χ2n) is 6.09. The van der Waals surface area contributed by atoms with Gasteiger partial charge in [-0.1, -0.05) is 0 Å². The van der Waals surface area contributed by atoms with Gasteiger partial charge in [-0.25, -0.2) is 4.98 Å². The molecule has 3 rings (SSSR count). The van der Waals surface area contributed by atoms with Crippen LogP contribution < -0.4 is 15.0 Å². The summed E-state index contributed by atoms with van der Waals surface area (Å²) >= 11 is 3.08. The molecule has 3 aromatic rings. The molecule has 0 saturated carbocycles. The fraction of sp³-hybridized carbons (Fsp3) is 0.263. The molecule has 1 N–H and O–H groups in total. The van der Waals surface area contributed by atoms with E-state index in [0.717, 1.165) is 12.2 Å². The summed E-state index contributed by atoms with van der Waals surface area (Å²) in [7, 11) is 0. The van der Waals surface area contributed by atoms with Crippen LogP contribution in [0.3, 0.4) is 0 Å². The van der Waals surface area contributed by atoms with Crippen LogP contribution in [0, 0.1) is 0 Å². The number of hydrogen-bond acceptors (Lipinski definition) is 6. The molecule has 0 bridgehead atoms. The van der Waals surface area contributed by atoms with E-state index in [9.17, 15) is 4.79 Å². The number of anilines is 3. The van der Waals surface area contributed by atoms with E-state index < -0.39 is 5.60 Å². The first-order chi connectivity index (χ1) is 12.5. The number of carbonyl (C=O) groups excluding carboxylic acids is 1. The third-order valence-corrected chi connectivity index (χ3v) is 5.39. The minimum atomic E-state index is -1.01. The lowest BCUT2D eigenvalue weighted by atomic mass is 10.1. The van der Waals surface area contributed by atoms with Gasteiger partial charge in [0.1, 0.15) is 5.75 Å². The third kappa shape index (κ3) is 4.23. The van der Waals surface area contributed by atoms with Crippen molar-refractivity contribution in [1.29, 1.82) is 0 Å². The molecule has 26 heavy (non-hydrogen) atoms. The molecule has 0 saturated heterocycles. The Hall–Kier alpha value is -2.38. The zero-order valence-corrected chi connectivity index (χ0v) is 16.6. The Kier molecular flexibility index (Phi) is 5.58. The van der Waals surface area contributed by atoms with E-state index in [2.05, 4.69) is 33.6 Å². The van der Waals surface area contributed by atoms with Gasteiger partial charge in [-0.2, -0.15) is 0 Å². The number of thiazole rings is 1. The molecule has 0 fully saturated rings. The summed E-state index contributed by atoms with van der Waals surface area (Å²) in [6.45, 7) is 6.49. The maximum atomic E-state index is 12.4. The highest BCUT2D eigenvalue weighted by Crippen LogP contribution is 2.31. The van der Waals surface area contributed by atoms with Crippen molar-refractivity contribution in [2.24, 2.45) is 0 Å².